The molecule has 19 heavy (non-hydrogen) atoms. The molecule has 4 nitrogen and oxygen atoms in total. The summed E-state index contributed by atoms with van der Waals surface area (Å²) in [5.41, 5.74) is 1.16. The van der Waals surface area contributed by atoms with Crippen molar-refractivity contribution in [2.45, 2.75) is 51.5 Å². The second kappa shape index (κ2) is 4.87. The maximum atomic E-state index is 12.4. The van der Waals surface area contributed by atoms with Crippen molar-refractivity contribution >= 4 is 22.4 Å². The number of nitrogens with one attached hydrogen (secondary N) is 2. The Labute approximate surface area is 118 Å². The molecular formula is C14H21N3OS. The van der Waals surface area contributed by atoms with Gasteiger partial charge in [0.25, 0.3) is 0 Å². The molecule has 0 aromatic carbocycles. The summed E-state index contributed by atoms with van der Waals surface area (Å²) in [6, 6.07) is -0.116. The molecule has 0 spiro atoms. The molecule has 2 N–H and O–H groups in total. The summed E-state index contributed by atoms with van der Waals surface area (Å²) in [4.78, 5) is 16.9. The molecule has 2 fully saturated rings. The number of anilines is 1. The normalized spacial score (nSPS) is 26.1. The lowest BCUT2D eigenvalue weighted by atomic mass is 9.77. The number of carbonyl (C=O) groups is 1. The van der Waals surface area contributed by atoms with Crippen LogP contribution in [0.15, 0.2) is 5.38 Å². The minimum Gasteiger partial charge on any atom is -0.305 e. The van der Waals surface area contributed by atoms with Crippen LogP contribution in [0.25, 0.3) is 0 Å². The van der Waals surface area contributed by atoms with E-state index in [1.165, 1.54) is 24.2 Å². The highest BCUT2D eigenvalue weighted by Gasteiger charge is 2.37. The van der Waals surface area contributed by atoms with Crippen LogP contribution in [0.1, 0.15) is 51.1 Å². The van der Waals surface area contributed by atoms with Crippen LogP contribution >= 0.6 is 11.3 Å². The van der Waals surface area contributed by atoms with Crippen molar-refractivity contribution in [3.8, 4) is 0 Å². The lowest BCUT2D eigenvalue weighted by Gasteiger charge is -2.38. The van der Waals surface area contributed by atoms with Gasteiger partial charge < -0.3 is 10.6 Å². The zero-order valence-corrected chi connectivity index (χ0v) is 12.3. The molecule has 104 valence electrons. The number of rotatable bonds is 3. The highest BCUT2D eigenvalue weighted by atomic mass is 32.1. The van der Waals surface area contributed by atoms with Crippen LogP contribution in [0, 0.1) is 5.41 Å². The fourth-order valence-electron chi connectivity index (χ4n) is 2.75. The molecule has 1 aliphatic carbocycles. The highest BCUT2D eigenvalue weighted by Crippen LogP contribution is 2.41. The molecule has 0 radical (unpaired) electrons. The molecule has 1 aromatic rings. The summed E-state index contributed by atoms with van der Waals surface area (Å²) in [7, 11) is 0. The maximum Gasteiger partial charge on any atom is 0.243 e. The van der Waals surface area contributed by atoms with Gasteiger partial charge >= 0.3 is 0 Å². The summed E-state index contributed by atoms with van der Waals surface area (Å²) in [5, 5.41) is 9.13. The van der Waals surface area contributed by atoms with Gasteiger partial charge in [-0.15, -0.1) is 11.3 Å². The smallest absolute Gasteiger partial charge is 0.243 e. The van der Waals surface area contributed by atoms with Gasteiger partial charge in [0, 0.05) is 11.3 Å². The molecule has 1 aromatic heterocycles. The Morgan fingerprint density at radius 1 is 1.53 bits per heavy atom. The molecule has 2 aliphatic rings. The van der Waals surface area contributed by atoms with Crippen LogP contribution in [0.4, 0.5) is 5.13 Å². The Kier molecular flexibility index (Phi) is 3.35. The first-order valence-corrected chi connectivity index (χ1v) is 7.94. The van der Waals surface area contributed by atoms with Gasteiger partial charge in [0.2, 0.25) is 5.91 Å². The van der Waals surface area contributed by atoms with E-state index in [2.05, 4.69) is 34.8 Å². The van der Waals surface area contributed by atoms with E-state index >= 15 is 0 Å². The van der Waals surface area contributed by atoms with Crippen molar-refractivity contribution < 1.29 is 4.79 Å². The van der Waals surface area contributed by atoms with E-state index in [1.807, 2.05) is 0 Å². The Morgan fingerprint density at radius 2 is 2.32 bits per heavy atom. The average Bonchev–Trinajstić information content (AvgIpc) is 3.10. The molecule has 1 aliphatic heterocycles. The quantitative estimate of drug-likeness (QED) is 0.894. The van der Waals surface area contributed by atoms with Gasteiger partial charge in [-0.2, -0.15) is 0 Å². The van der Waals surface area contributed by atoms with Crippen molar-refractivity contribution in [3.05, 3.63) is 11.1 Å². The second-order valence-corrected chi connectivity index (χ2v) is 7.18. The molecule has 1 unspecified atom stereocenters. The van der Waals surface area contributed by atoms with Gasteiger partial charge in [0.1, 0.15) is 0 Å². The van der Waals surface area contributed by atoms with Gasteiger partial charge in [0.05, 0.1) is 11.7 Å². The Bertz CT molecular complexity index is 479. The third-order valence-electron chi connectivity index (χ3n) is 4.14. The van der Waals surface area contributed by atoms with Crippen LogP contribution in [-0.4, -0.2) is 23.5 Å². The highest BCUT2D eigenvalue weighted by molar-refractivity contribution is 7.13. The SMILES string of the molecule is CC1(C)CCCNC1C(=O)Nc1nc(C2CC2)cs1. The van der Waals surface area contributed by atoms with Crippen LogP contribution in [0.3, 0.4) is 0 Å². The minimum absolute atomic E-state index is 0.0128. The number of amides is 1. The fraction of sp³-hybridized carbons (Fsp3) is 0.714. The first kappa shape index (κ1) is 13.1. The Morgan fingerprint density at radius 3 is 3.00 bits per heavy atom. The second-order valence-electron chi connectivity index (χ2n) is 6.32. The molecular weight excluding hydrogens is 258 g/mol. The lowest BCUT2D eigenvalue weighted by molar-refractivity contribution is -0.121. The van der Waals surface area contributed by atoms with Crippen molar-refractivity contribution in [1.82, 2.24) is 10.3 Å². The predicted molar refractivity (Wildman–Crippen MR) is 77.5 cm³/mol. The third kappa shape index (κ3) is 2.82. The molecule has 2 heterocycles. The van der Waals surface area contributed by atoms with E-state index in [9.17, 15) is 4.79 Å². The van der Waals surface area contributed by atoms with Gasteiger partial charge in [-0.1, -0.05) is 13.8 Å². The van der Waals surface area contributed by atoms with Gasteiger partial charge in [-0.05, 0) is 37.6 Å². The summed E-state index contributed by atoms with van der Waals surface area (Å²) < 4.78 is 0. The summed E-state index contributed by atoms with van der Waals surface area (Å²) >= 11 is 1.54. The molecule has 5 heteroatoms. The molecule has 1 amide bonds. The summed E-state index contributed by atoms with van der Waals surface area (Å²) in [6.45, 7) is 5.23. The van der Waals surface area contributed by atoms with Gasteiger partial charge in [0.15, 0.2) is 5.13 Å². The maximum absolute atomic E-state index is 12.4. The summed E-state index contributed by atoms with van der Waals surface area (Å²) in [5.74, 6) is 0.701. The van der Waals surface area contributed by atoms with Crippen LogP contribution in [-0.2, 0) is 4.79 Å². The average molecular weight is 279 g/mol. The minimum atomic E-state index is -0.116. The van der Waals surface area contributed by atoms with Crippen LogP contribution < -0.4 is 10.6 Å². The number of carbonyl (C=O) groups excluding carboxylic acids is 1. The predicted octanol–water partition coefficient (Wildman–Crippen LogP) is 2.74. The monoisotopic (exact) mass is 279 g/mol. The fourth-order valence-corrected chi connectivity index (χ4v) is 3.54. The molecule has 1 atom stereocenters. The van der Waals surface area contributed by atoms with Crippen molar-refractivity contribution in [1.29, 1.82) is 0 Å². The number of hydrogen-bond acceptors (Lipinski definition) is 4. The van der Waals surface area contributed by atoms with E-state index in [0.29, 0.717) is 5.92 Å². The third-order valence-corrected chi connectivity index (χ3v) is 4.91. The lowest BCUT2D eigenvalue weighted by Crippen LogP contribution is -2.53. The van der Waals surface area contributed by atoms with E-state index in [4.69, 9.17) is 0 Å². The van der Waals surface area contributed by atoms with Crippen molar-refractivity contribution in [3.63, 3.8) is 0 Å². The van der Waals surface area contributed by atoms with E-state index in [-0.39, 0.29) is 17.4 Å². The van der Waals surface area contributed by atoms with Gasteiger partial charge in [-0.25, -0.2) is 4.98 Å². The standard InChI is InChI=1S/C14H21N3OS/c1-14(2)6-3-7-15-11(14)12(18)17-13-16-10(8-19-13)9-4-5-9/h8-9,11,15H,3-7H2,1-2H3,(H,16,17,18). The first-order valence-electron chi connectivity index (χ1n) is 7.06. The number of piperidine rings is 1. The number of aromatic nitrogens is 1. The summed E-state index contributed by atoms with van der Waals surface area (Å²) in [6.07, 6.45) is 4.71. The number of hydrogen-bond donors (Lipinski definition) is 2. The Hall–Kier alpha value is -0.940. The number of nitrogens with zero attached hydrogens (tertiary/aromatic N) is 1. The molecule has 0 bridgehead atoms. The zero-order valence-electron chi connectivity index (χ0n) is 11.5. The van der Waals surface area contributed by atoms with Crippen LogP contribution in [0.5, 0.6) is 0 Å². The van der Waals surface area contributed by atoms with Crippen LogP contribution in [0.2, 0.25) is 0 Å². The van der Waals surface area contributed by atoms with Crippen molar-refractivity contribution in [2.75, 3.05) is 11.9 Å². The largest absolute Gasteiger partial charge is 0.305 e. The zero-order chi connectivity index (χ0) is 13.5. The Balaban J connectivity index is 1.66. The van der Waals surface area contributed by atoms with E-state index < -0.39 is 0 Å². The molecule has 1 saturated heterocycles. The molecule has 3 rings (SSSR count). The number of thiazole rings is 1. The first-order chi connectivity index (χ1) is 9.06. The molecule has 1 saturated carbocycles. The van der Waals surface area contributed by atoms with E-state index in [1.54, 1.807) is 0 Å². The van der Waals surface area contributed by atoms with Gasteiger partial charge in [-0.3, -0.25) is 4.79 Å². The van der Waals surface area contributed by atoms with E-state index in [0.717, 1.165) is 30.2 Å². The topological polar surface area (TPSA) is 54.0 Å². The van der Waals surface area contributed by atoms with Crippen molar-refractivity contribution in [2.24, 2.45) is 5.41 Å².